The first kappa shape index (κ1) is 18.3. The summed E-state index contributed by atoms with van der Waals surface area (Å²) in [7, 11) is 1.82. The molecular weight excluding hydrogens is 330 g/mol. The summed E-state index contributed by atoms with van der Waals surface area (Å²) >= 11 is 0. The third-order valence-corrected chi connectivity index (χ3v) is 4.77. The predicted octanol–water partition coefficient (Wildman–Crippen LogP) is 1.98. The van der Waals surface area contributed by atoms with Crippen molar-refractivity contribution in [1.29, 1.82) is 10.8 Å². The molecular formula is C19H27N5O2. The summed E-state index contributed by atoms with van der Waals surface area (Å²) in [5.74, 6) is 1.50. The van der Waals surface area contributed by atoms with Gasteiger partial charge < -0.3 is 25.4 Å². The van der Waals surface area contributed by atoms with Crippen molar-refractivity contribution >= 4 is 17.1 Å². The number of allylic oxidation sites excluding steroid dienone is 1. The van der Waals surface area contributed by atoms with Crippen LogP contribution < -0.4 is 15.8 Å². The van der Waals surface area contributed by atoms with E-state index in [0.717, 1.165) is 31.8 Å². The van der Waals surface area contributed by atoms with Gasteiger partial charge in [0.15, 0.2) is 0 Å². The SMILES string of the molecule is CN/C(=C\C(=N)C(=N)c1cc(OC2(C)CC2)ccc1N)N1CCOCC1. The lowest BCUT2D eigenvalue weighted by Gasteiger charge is -2.30. The zero-order chi connectivity index (χ0) is 18.7. The molecule has 1 aromatic rings. The van der Waals surface area contributed by atoms with E-state index in [2.05, 4.69) is 17.1 Å². The Hall–Kier alpha value is -2.54. The molecule has 7 nitrogen and oxygen atoms in total. The van der Waals surface area contributed by atoms with Crippen molar-refractivity contribution in [1.82, 2.24) is 10.2 Å². The molecule has 0 atom stereocenters. The highest BCUT2D eigenvalue weighted by Gasteiger charge is 2.40. The summed E-state index contributed by atoms with van der Waals surface area (Å²) in [6.45, 7) is 4.92. The number of nitrogen functional groups attached to an aromatic ring is 1. The highest BCUT2D eigenvalue weighted by molar-refractivity contribution is 6.50. The molecule has 1 aliphatic heterocycles. The molecule has 0 aromatic heterocycles. The second-order valence-electron chi connectivity index (χ2n) is 6.97. The molecule has 0 amide bonds. The van der Waals surface area contributed by atoms with E-state index in [1.807, 2.05) is 13.1 Å². The number of rotatable bonds is 7. The van der Waals surface area contributed by atoms with Gasteiger partial charge in [-0.15, -0.1) is 0 Å². The van der Waals surface area contributed by atoms with E-state index >= 15 is 0 Å². The Morgan fingerprint density at radius 1 is 1.31 bits per heavy atom. The van der Waals surface area contributed by atoms with Crippen LogP contribution in [0.5, 0.6) is 5.75 Å². The van der Waals surface area contributed by atoms with Gasteiger partial charge in [0.05, 0.1) is 24.6 Å². The summed E-state index contributed by atoms with van der Waals surface area (Å²) in [6.07, 6.45) is 3.74. The monoisotopic (exact) mass is 357 g/mol. The van der Waals surface area contributed by atoms with Gasteiger partial charge in [-0.25, -0.2) is 0 Å². The summed E-state index contributed by atoms with van der Waals surface area (Å²) in [5.41, 5.74) is 7.13. The van der Waals surface area contributed by atoms with Crippen LogP contribution in [-0.4, -0.2) is 55.3 Å². The summed E-state index contributed by atoms with van der Waals surface area (Å²) < 4.78 is 11.3. The highest BCUT2D eigenvalue weighted by atomic mass is 16.5. The van der Waals surface area contributed by atoms with Crippen LogP contribution in [-0.2, 0) is 4.74 Å². The zero-order valence-corrected chi connectivity index (χ0v) is 15.4. The van der Waals surface area contributed by atoms with Crippen molar-refractivity contribution in [2.24, 2.45) is 0 Å². The largest absolute Gasteiger partial charge is 0.488 e. The highest BCUT2D eigenvalue weighted by Crippen LogP contribution is 2.40. The average Bonchev–Trinajstić information content (AvgIpc) is 3.38. The number of nitrogens with two attached hydrogens (primary N) is 1. The first-order chi connectivity index (χ1) is 12.4. The van der Waals surface area contributed by atoms with E-state index in [4.69, 9.17) is 26.0 Å². The van der Waals surface area contributed by atoms with Crippen LogP contribution in [0, 0.1) is 10.8 Å². The van der Waals surface area contributed by atoms with Crippen LogP contribution in [0.1, 0.15) is 25.3 Å². The Bertz CT molecular complexity index is 733. The Morgan fingerprint density at radius 2 is 2.00 bits per heavy atom. The minimum atomic E-state index is -0.0986. The van der Waals surface area contributed by atoms with Gasteiger partial charge >= 0.3 is 0 Å². The van der Waals surface area contributed by atoms with Crippen molar-refractivity contribution in [2.45, 2.75) is 25.4 Å². The molecule has 3 rings (SSSR count). The van der Waals surface area contributed by atoms with Gasteiger partial charge in [-0.1, -0.05) is 0 Å². The number of nitrogens with one attached hydrogen (secondary N) is 3. The van der Waals surface area contributed by atoms with Gasteiger partial charge in [-0.05, 0) is 38.0 Å². The molecule has 140 valence electrons. The van der Waals surface area contributed by atoms with E-state index in [1.165, 1.54) is 0 Å². The zero-order valence-electron chi connectivity index (χ0n) is 15.4. The van der Waals surface area contributed by atoms with Crippen molar-refractivity contribution in [3.63, 3.8) is 0 Å². The maximum Gasteiger partial charge on any atom is 0.120 e. The first-order valence-corrected chi connectivity index (χ1v) is 8.90. The summed E-state index contributed by atoms with van der Waals surface area (Å²) in [4.78, 5) is 2.11. The molecule has 1 saturated heterocycles. The summed E-state index contributed by atoms with van der Waals surface area (Å²) in [6, 6.07) is 5.32. The minimum Gasteiger partial charge on any atom is -0.488 e. The normalized spacial score (nSPS) is 19.0. The molecule has 1 heterocycles. The van der Waals surface area contributed by atoms with Crippen LogP contribution in [0.2, 0.25) is 0 Å². The molecule has 7 heteroatoms. The second-order valence-corrected chi connectivity index (χ2v) is 6.97. The number of morpholine rings is 1. The fraction of sp³-hybridized carbons (Fsp3) is 0.474. The molecule has 0 spiro atoms. The van der Waals surface area contributed by atoms with Crippen molar-refractivity contribution in [3.05, 3.63) is 35.7 Å². The Balaban J connectivity index is 1.77. The number of nitrogens with zero attached hydrogens (tertiary/aromatic N) is 1. The van der Waals surface area contributed by atoms with Crippen molar-refractivity contribution in [2.75, 3.05) is 39.1 Å². The first-order valence-electron chi connectivity index (χ1n) is 8.90. The van der Waals surface area contributed by atoms with Crippen molar-refractivity contribution < 1.29 is 9.47 Å². The number of hydrogen-bond donors (Lipinski definition) is 4. The van der Waals surface area contributed by atoms with Gasteiger partial charge in [0.25, 0.3) is 0 Å². The Labute approximate surface area is 154 Å². The van der Waals surface area contributed by atoms with Gasteiger partial charge in [0, 0.05) is 37.5 Å². The molecule has 26 heavy (non-hydrogen) atoms. The lowest BCUT2D eigenvalue weighted by molar-refractivity contribution is 0.0510. The van der Waals surface area contributed by atoms with E-state index in [1.54, 1.807) is 18.2 Å². The van der Waals surface area contributed by atoms with Crippen LogP contribution in [0.25, 0.3) is 0 Å². The number of anilines is 1. The average molecular weight is 357 g/mol. The summed E-state index contributed by atoms with van der Waals surface area (Å²) in [5, 5.41) is 19.9. The molecule has 0 bridgehead atoms. The van der Waals surface area contributed by atoms with Crippen molar-refractivity contribution in [3.8, 4) is 5.75 Å². The number of benzene rings is 1. The lowest BCUT2D eigenvalue weighted by atomic mass is 10.0. The van der Waals surface area contributed by atoms with Crippen LogP contribution >= 0.6 is 0 Å². The quantitative estimate of drug-likeness (QED) is 0.441. The lowest BCUT2D eigenvalue weighted by Crippen LogP contribution is -2.40. The molecule has 1 aromatic carbocycles. The fourth-order valence-corrected chi connectivity index (χ4v) is 2.86. The topological polar surface area (TPSA) is 107 Å². The molecule has 5 N–H and O–H groups in total. The molecule has 1 saturated carbocycles. The van der Waals surface area contributed by atoms with Gasteiger partial charge in [0.2, 0.25) is 0 Å². The standard InChI is InChI=1S/C19H27N5O2/c1-19(5-6-19)26-13-3-4-15(20)14(11-13)18(22)16(21)12-17(23-2)24-7-9-25-10-8-24/h3-4,11-12,21-23H,5-10,20H2,1-2H3/b17-12+,21-16?,22-18?. The number of hydrogen-bond acceptors (Lipinski definition) is 7. The molecule has 2 aliphatic rings. The Kier molecular flexibility index (Phi) is 5.18. The number of ether oxygens (including phenoxy) is 2. The third kappa shape index (κ3) is 4.16. The fourth-order valence-electron chi connectivity index (χ4n) is 2.86. The van der Waals surface area contributed by atoms with Gasteiger partial charge in [-0.3, -0.25) is 10.8 Å². The van der Waals surface area contributed by atoms with Crippen LogP contribution in [0.3, 0.4) is 0 Å². The maximum atomic E-state index is 8.43. The van der Waals surface area contributed by atoms with E-state index in [9.17, 15) is 0 Å². The van der Waals surface area contributed by atoms with E-state index in [0.29, 0.717) is 30.2 Å². The Morgan fingerprint density at radius 3 is 2.62 bits per heavy atom. The van der Waals surface area contributed by atoms with Gasteiger partial charge in [-0.2, -0.15) is 0 Å². The minimum absolute atomic E-state index is 0.0786. The van der Waals surface area contributed by atoms with E-state index in [-0.39, 0.29) is 17.0 Å². The third-order valence-electron chi connectivity index (χ3n) is 4.77. The van der Waals surface area contributed by atoms with Crippen LogP contribution in [0.15, 0.2) is 30.1 Å². The maximum absolute atomic E-state index is 8.43. The second kappa shape index (κ2) is 7.37. The van der Waals surface area contributed by atoms with Crippen LogP contribution in [0.4, 0.5) is 5.69 Å². The molecule has 0 unspecified atom stereocenters. The van der Waals surface area contributed by atoms with Gasteiger partial charge in [0.1, 0.15) is 17.2 Å². The molecule has 0 radical (unpaired) electrons. The smallest absolute Gasteiger partial charge is 0.120 e. The van der Waals surface area contributed by atoms with E-state index < -0.39 is 0 Å². The molecule has 1 aliphatic carbocycles. The predicted molar refractivity (Wildman–Crippen MR) is 103 cm³/mol. The molecule has 2 fully saturated rings.